The second kappa shape index (κ2) is 7.17. The van der Waals surface area contributed by atoms with Gasteiger partial charge < -0.3 is 0 Å². The minimum atomic E-state index is -0.507. The van der Waals surface area contributed by atoms with E-state index in [0.717, 1.165) is 28.0 Å². The summed E-state index contributed by atoms with van der Waals surface area (Å²) in [6.45, 7) is -0.0366. The van der Waals surface area contributed by atoms with Crippen molar-refractivity contribution in [2.75, 3.05) is 0 Å². The first-order valence-electron chi connectivity index (χ1n) is 6.79. The summed E-state index contributed by atoms with van der Waals surface area (Å²) in [5.74, 6) is -0.484. The van der Waals surface area contributed by atoms with Crippen molar-refractivity contribution in [3.63, 3.8) is 0 Å². The standard InChI is InChI=1S/C15H8Cl2N2O4S2/c16-10-2-1-3-11(17)9(10)7-18-14(20)12(25-15(18)21)6-8-4-5-13(24-8)19(22)23/h1-6H,7H2/b12-6-. The molecule has 25 heavy (non-hydrogen) atoms. The zero-order chi connectivity index (χ0) is 18.1. The predicted octanol–water partition coefficient (Wildman–Crippen LogP) is 5.20. The van der Waals surface area contributed by atoms with Crippen molar-refractivity contribution >= 4 is 68.5 Å². The maximum atomic E-state index is 12.5. The van der Waals surface area contributed by atoms with Crippen LogP contribution in [-0.2, 0) is 11.3 Å². The van der Waals surface area contributed by atoms with Gasteiger partial charge in [0.15, 0.2) is 0 Å². The molecule has 2 aromatic rings. The molecule has 1 aliphatic rings. The molecule has 0 N–H and O–H groups in total. The van der Waals surface area contributed by atoms with E-state index in [4.69, 9.17) is 23.2 Å². The third kappa shape index (κ3) is 3.72. The highest BCUT2D eigenvalue weighted by atomic mass is 35.5. The van der Waals surface area contributed by atoms with Crippen molar-refractivity contribution in [1.29, 1.82) is 0 Å². The number of thioether (sulfide) groups is 1. The van der Waals surface area contributed by atoms with Crippen molar-refractivity contribution in [3.05, 3.63) is 65.8 Å². The number of carbonyl (C=O) groups excluding carboxylic acids is 2. The van der Waals surface area contributed by atoms with Gasteiger partial charge in [0.25, 0.3) is 11.1 Å². The van der Waals surface area contributed by atoms with Crippen LogP contribution in [0.4, 0.5) is 9.80 Å². The molecule has 0 atom stereocenters. The lowest BCUT2D eigenvalue weighted by Gasteiger charge is -2.14. The van der Waals surface area contributed by atoms with Crippen LogP contribution in [0.1, 0.15) is 10.4 Å². The van der Waals surface area contributed by atoms with Crippen LogP contribution in [0.15, 0.2) is 35.2 Å². The van der Waals surface area contributed by atoms with Crippen molar-refractivity contribution in [2.45, 2.75) is 6.54 Å². The van der Waals surface area contributed by atoms with Gasteiger partial charge in [-0.2, -0.15) is 0 Å². The summed E-state index contributed by atoms with van der Waals surface area (Å²) in [5.41, 5.74) is 0.487. The van der Waals surface area contributed by atoms with Crippen LogP contribution in [0.3, 0.4) is 0 Å². The van der Waals surface area contributed by atoms with E-state index in [9.17, 15) is 19.7 Å². The van der Waals surface area contributed by atoms with Gasteiger partial charge in [0.2, 0.25) is 0 Å². The minimum absolute atomic E-state index is 0.0340. The molecule has 10 heteroatoms. The van der Waals surface area contributed by atoms with Crippen LogP contribution in [-0.4, -0.2) is 21.0 Å². The van der Waals surface area contributed by atoms with Crippen molar-refractivity contribution < 1.29 is 14.5 Å². The van der Waals surface area contributed by atoms with Crippen LogP contribution < -0.4 is 0 Å². The molecule has 0 unspecified atom stereocenters. The molecule has 0 radical (unpaired) electrons. The number of nitro groups is 1. The minimum Gasteiger partial charge on any atom is -0.268 e. The summed E-state index contributed by atoms with van der Waals surface area (Å²) < 4.78 is 0. The molecule has 0 bridgehead atoms. The summed E-state index contributed by atoms with van der Waals surface area (Å²) in [6.07, 6.45) is 1.47. The number of nitrogens with zero attached hydrogens (tertiary/aromatic N) is 2. The fourth-order valence-corrected chi connectivity index (χ4v) is 4.31. The van der Waals surface area contributed by atoms with Crippen molar-refractivity contribution in [1.82, 2.24) is 4.90 Å². The Hall–Kier alpha value is -1.87. The van der Waals surface area contributed by atoms with Crippen LogP contribution in [0.5, 0.6) is 0 Å². The van der Waals surface area contributed by atoms with Crippen molar-refractivity contribution in [3.8, 4) is 0 Å². The Labute approximate surface area is 160 Å². The maximum absolute atomic E-state index is 12.5. The molecule has 1 saturated heterocycles. The van der Waals surface area contributed by atoms with Gasteiger partial charge in [-0.3, -0.25) is 24.6 Å². The van der Waals surface area contributed by atoms with E-state index in [-0.39, 0.29) is 16.5 Å². The molecule has 1 aromatic heterocycles. The fourth-order valence-electron chi connectivity index (χ4n) is 2.12. The van der Waals surface area contributed by atoms with E-state index in [0.29, 0.717) is 20.5 Å². The first-order valence-corrected chi connectivity index (χ1v) is 9.18. The van der Waals surface area contributed by atoms with E-state index in [1.54, 1.807) is 18.2 Å². The molecule has 2 heterocycles. The van der Waals surface area contributed by atoms with Crippen LogP contribution in [0.25, 0.3) is 6.08 Å². The number of benzene rings is 1. The first kappa shape index (κ1) is 17.9. The summed E-state index contributed by atoms with van der Waals surface area (Å²) in [5, 5.41) is 11.0. The number of amides is 2. The molecule has 6 nitrogen and oxygen atoms in total. The van der Waals surface area contributed by atoms with E-state index in [1.807, 2.05) is 0 Å². The van der Waals surface area contributed by atoms with Gasteiger partial charge >= 0.3 is 5.00 Å². The summed E-state index contributed by atoms with van der Waals surface area (Å²) in [7, 11) is 0. The Bertz CT molecular complexity index is 906. The van der Waals surface area contributed by atoms with Gasteiger partial charge in [0.05, 0.1) is 16.4 Å². The van der Waals surface area contributed by atoms with Gasteiger partial charge in [0.1, 0.15) is 0 Å². The lowest BCUT2D eigenvalue weighted by atomic mass is 10.2. The summed E-state index contributed by atoms with van der Waals surface area (Å²) >= 11 is 13.9. The molecule has 0 spiro atoms. The second-order valence-corrected chi connectivity index (χ2v) is 7.80. The largest absolute Gasteiger partial charge is 0.324 e. The van der Waals surface area contributed by atoms with E-state index in [1.165, 1.54) is 18.2 Å². The maximum Gasteiger partial charge on any atom is 0.324 e. The molecule has 3 rings (SSSR count). The molecule has 1 aromatic carbocycles. The van der Waals surface area contributed by atoms with E-state index < -0.39 is 16.1 Å². The predicted molar refractivity (Wildman–Crippen MR) is 98.9 cm³/mol. The molecule has 2 amide bonds. The molecular weight excluding hydrogens is 407 g/mol. The lowest BCUT2D eigenvalue weighted by Crippen LogP contribution is -2.27. The Balaban J connectivity index is 1.84. The van der Waals surface area contributed by atoms with E-state index in [2.05, 4.69) is 0 Å². The topological polar surface area (TPSA) is 80.5 Å². The molecule has 1 aliphatic heterocycles. The smallest absolute Gasteiger partial charge is 0.268 e. The highest BCUT2D eigenvalue weighted by molar-refractivity contribution is 8.18. The highest BCUT2D eigenvalue weighted by Gasteiger charge is 2.35. The van der Waals surface area contributed by atoms with Gasteiger partial charge in [-0.1, -0.05) is 40.6 Å². The molecule has 1 fully saturated rings. The number of halogens is 2. The second-order valence-electron chi connectivity index (χ2n) is 4.90. The normalized spacial score (nSPS) is 16.1. The SMILES string of the molecule is O=C1S/C(=C\c2ccc([N+](=O)[O-])s2)C(=O)N1Cc1c(Cl)cccc1Cl. The highest BCUT2D eigenvalue weighted by Crippen LogP contribution is 2.37. The lowest BCUT2D eigenvalue weighted by molar-refractivity contribution is -0.380. The molecule has 0 saturated carbocycles. The number of thiophene rings is 1. The van der Waals surface area contributed by atoms with Gasteiger partial charge in [-0.15, -0.1) is 0 Å². The van der Waals surface area contributed by atoms with E-state index >= 15 is 0 Å². The molecular formula is C15H8Cl2N2O4S2. The fraction of sp³-hybridized carbons (Fsp3) is 0.0667. The summed E-state index contributed by atoms with van der Waals surface area (Å²) in [6, 6.07) is 7.81. The monoisotopic (exact) mass is 414 g/mol. The van der Waals surface area contributed by atoms with Gasteiger partial charge in [0, 0.05) is 26.6 Å². The zero-order valence-corrected chi connectivity index (χ0v) is 15.4. The van der Waals surface area contributed by atoms with Gasteiger partial charge in [-0.05, 0) is 36.0 Å². The third-order valence-corrected chi connectivity index (χ3v) is 5.92. The van der Waals surface area contributed by atoms with Gasteiger partial charge in [-0.25, -0.2) is 0 Å². The van der Waals surface area contributed by atoms with Crippen LogP contribution in [0, 0.1) is 10.1 Å². The Morgan fingerprint density at radius 2 is 1.84 bits per heavy atom. The molecule has 0 aliphatic carbocycles. The zero-order valence-electron chi connectivity index (χ0n) is 12.3. The average Bonchev–Trinajstić information content (AvgIpc) is 3.11. The van der Waals surface area contributed by atoms with Crippen LogP contribution >= 0.6 is 46.3 Å². The third-order valence-electron chi connectivity index (χ3n) is 3.32. The Morgan fingerprint density at radius 3 is 2.44 bits per heavy atom. The van der Waals surface area contributed by atoms with Crippen molar-refractivity contribution in [2.24, 2.45) is 0 Å². The summed E-state index contributed by atoms with van der Waals surface area (Å²) in [4.78, 5) is 36.6. The number of carbonyl (C=O) groups is 2. The number of hydrogen-bond acceptors (Lipinski definition) is 6. The number of rotatable bonds is 4. The first-order chi connectivity index (χ1) is 11.9. The number of imide groups is 1. The average molecular weight is 415 g/mol. The number of hydrogen-bond donors (Lipinski definition) is 0. The Morgan fingerprint density at radius 1 is 1.16 bits per heavy atom. The van der Waals surface area contributed by atoms with Crippen LogP contribution in [0.2, 0.25) is 10.0 Å². The quantitative estimate of drug-likeness (QED) is 0.390. The Kier molecular flexibility index (Phi) is 5.14. The molecule has 128 valence electrons.